The van der Waals surface area contributed by atoms with Gasteiger partial charge in [-0.15, -0.1) is 11.3 Å². The van der Waals surface area contributed by atoms with Crippen molar-refractivity contribution in [2.24, 2.45) is 0 Å². The van der Waals surface area contributed by atoms with Gasteiger partial charge in [-0.3, -0.25) is 0 Å². The molecule has 1 aromatic rings. The van der Waals surface area contributed by atoms with Crippen molar-refractivity contribution in [1.82, 2.24) is 4.98 Å². The quantitative estimate of drug-likeness (QED) is 0.772. The van der Waals surface area contributed by atoms with E-state index in [1.54, 1.807) is 18.3 Å². The van der Waals surface area contributed by atoms with Gasteiger partial charge in [-0.2, -0.15) is 0 Å². The van der Waals surface area contributed by atoms with Gasteiger partial charge in [0, 0.05) is 19.0 Å². The zero-order valence-electron chi connectivity index (χ0n) is 7.61. The number of rotatable bonds is 3. The van der Waals surface area contributed by atoms with E-state index in [2.05, 4.69) is 4.98 Å². The zero-order chi connectivity index (χ0) is 9.14. The summed E-state index contributed by atoms with van der Waals surface area (Å²) in [6.45, 7) is 4.38. The van der Waals surface area contributed by atoms with Crippen molar-refractivity contribution in [3.8, 4) is 0 Å². The fourth-order valence-corrected chi connectivity index (χ4v) is 1.77. The molecule has 0 radical (unpaired) electrons. The number of hydrogen-bond acceptors (Lipinski definition) is 4. The molecule has 0 fully saturated rings. The lowest BCUT2D eigenvalue weighted by Gasteiger charge is -2.16. The minimum atomic E-state index is -0.306. The lowest BCUT2D eigenvalue weighted by molar-refractivity contribution is 0.201. The van der Waals surface area contributed by atoms with Crippen LogP contribution in [0.15, 0.2) is 5.38 Å². The van der Waals surface area contributed by atoms with Gasteiger partial charge in [0.2, 0.25) is 0 Å². The molecule has 0 aliphatic carbocycles. The molecule has 4 heteroatoms. The summed E-state index contributed by atoms with van der Waals surface area (Å²) >= 11 is 1.60. The molecule has 1 rings (SSSR count). The fourth-order valence-electron chi connectivity index (χ4n) is 0.991. The third-order valence-electron chi connectivity index (χ3n) is 1.47. The van der Waals surface area contributed by atoms with E-state index in [1.807, 2.05) is 24.3 Å². The maximum absolute atomic E-state index is 9.13. The summed E-state index contributed by atoms with van der Waals surface area (Å²) in [5, 5.41) is 12.1. The molecule has 0 aliphatic heterocycles. The zero-order valence-corrected chi connectivity index (χ0v) is 8.43. The Bertz CT molecular complexity index is 247. The number of aliphatic hydroxyl groups excluding tert-OH is 1. The van der Waals surface area contributed by atoms with Crippen LogP contribution in [0.4, 0.5) is 5.13 Å². The average Bonchev–Trinajstić information content (AvgIpc) is 2.34. The number of aliphatic hydroxyl groups is 1. The van der Waals surface area contributed by atoms with Gasteiger partial charge in [0.1, 0.15) is 0 Å². The van der Waals surface area contributed by atoms with Crippen LogP contribution in [0.25, 0.3) is 0 Å². The number of aromatic nitrogens is 1. The Morgan fingerprint density at radius 3 is 2.83 bits per heavy atom. The molecule has 68 valence electrons. The van der Waals surface area contributed by atoms with Gasteiger partial charge < -0.3 is 10.0 Å². The monoisotopic (exact) mass is 186 g/mol. The Morgan fingerprint density at radius 2 is 2.42 bits per heavy atom. The van der Waals surface area contributed by atoms with Crippen LogP contribution < -0.4 is 4.90 Å². The minimum absolute atomic E-state index is 0.306. The second-order valence-corrected chi connectivity index (χ2v) is 3.84. The molecule has 0 aromatic carbocycles. The average molecular weight is 186 g/mol. The number of anilines is 1. The van der Waals surface area contributed by atoms with Crippen molar-refractivity contribution >= 4 is 16.5 Å². The van der Waals surface area contributed by atoms with Gasteiger partial charge in [-0.05, 0) is 13.8 Å². The van der Waals surface area contributed by atoms with E-state index in [9.17, 15) is 0 Å². The van der Waals surface area contributed by atoms with Crippen LogP contribution in [0.3, 0.4) is 0 Å². The fraction of sp³-hybridized carbons (Fsp3) is 0.625. The van der Waals surface area contributed by atoms with E-state index in [4.69, 9.17) is 5.11 Å². The van der Waals surface area contributed by atoms with Crippen LogP contribution in [-0.4, -0.2) is 29.8 Å². The van der Waals surface area contributed by atoms with Crippen LogP contribution in [0.5, 0.6) is 0 Å². The molecule has 0 spiro atoms. The van der Waals surface area contributed by atoms with E-state index in [1.165, 1.54) is 0 Å². The number of thiazole rings is 1. The molecule has 1 heterocycles. The predicted molar refractivity (Wildman–Crippen MR) is 51.8 cm³/mol. The Labute approximate surface area is 76.7 Å². The van der Waals surface area contributed by atoms with E-state index in [0.29, 0.717) is 6.54 Å². The Balaban J connectivity index is 2.58. The summed E-state index contributed by atoms with van der Waals surface area (Å²) in [5.74, 6) is 0. The second-order valence-electron chi connectivity index (χ2n) is 3.00. The van der Waals surface area contributed by atoms with Crippen LogP contribution in [0, 0.1) is 6.92 Å². The van der Waals surface area contributed by atoms with Gasteiger partial charge in [-0.25, -0.2) is 4.98 Å². The van der Waals surface area contributed by atoms with Crippen LogP contribution >= 0.6 is 11.3 Å². The highest BCUT2D eigenvalue weighted by Crippen LogP contribution is 2.18. The topological polar surface area (TPSA) is 36.4 Å². The molecular formula is C8H14N2OS. The van der Waals surface area contributed by atoms with Crippen molar-refractivity contribution < 1.29 is 5.11 Å². The van der Waals surface area contributed by atoms with E-state index in [-0.39, 0.29) is 6.10 Å². The highest BCUT2D eigenvalue weighted by atomic mass is 32.1. The first-order chi connectivity index (χ1) is 5.59. The molecule has 12 heavy (non-hydrogen) atoms. The molecule has 1 N–H and O–H groups in total. The lowest BCUT2D eigenvalue weighted by Crippen LogP contribution is -2.26. The molecule has 1 aromatic heterocycles. The van der Waals surface area contributed by atoms with Crippen LogP contribution in [-0.2, 0) is 0 Å². The third-order valence-corrected chi connectivity index (χ3v) is 2.54. The normalized spacial score (nSPS) is 13.0. The molecule has 0 bridgehead atoms. The van der Waals surface area contributed by atoms with Crippen molar-refractivity contribution in [3.63, 3.8) is 0 Å². The maximum Gasteiger partial charge on any atom is 0.185 e. The van der Waals surface area contributed by atoms with Crippen molar-refractivity contribution in [2.75, 3.05) is 18.5 Å². The standard InChI is InChI=1S/C8H14N2OS/c1-6-5-12-8(9-6)10(3)4-7(2)11/h5,7,11H,4H2,1-3H3. The molecule has 1 atom stereocenters. The summed E-state index contributed by atoms with van der Waals surface area (Å²) < 4.78 is 0. The summed E-state index contributed by atoms with van der Waals surface area (Å²) in [7, 11) is 1.94. The molecular weight excluding hydrogens is 172 g/mol. The number of aryl methyl sites for hydroxylation is 1. The van der Waals surface area contributed by atoms with Gasteiger partial charge >= 0.3 is 0 Å². The van der Waals surface area contributed by atoms with Gasteiger partial charge in [0.15, 0.2) is 5.13 Å². The first-order valence-electron chi connectivity index (χ1n) is 3.91. The SMILES string of the molecule is Cc1csc(N(C)CC(C)O)n1. The molecule has 1 unspecified atom stereocenters. The predicted octanol–water partition coefficient (Wildman–Crippen LogP) is 1.27. The second kappa shape index (κ2) is 3.87. The van der Waals surface area contributed by atoms with Gasteiger partial charge in [0.05, 0.1) is 11.8 Å². The number of nitrogens with zero attached hydrogens (tertiary/aromatic N) is 2. The Morgan fingerprint density at radius 1 is 1.75 bits per heavy atom. The first-order valence-corrected chi connectivity index (χ1v) is 4.79. The van der Waals surface area contributed by atoms with E-state index >= 15 is 0 Å². The molecule has 0 saturated heterocycles. The van der Waals surface area contributed by atoms with Gasteiger partial charge in [0.25, 0.3) is 0 Å². The Hall–Kier alpha value is -0.610. The maximum atomic E-state index is 9.13. The van der Waals surface area contributed by atoms with E-state index < -0.39 is 0 Å². The Kier molecular flexibility index (Phi) is 3.05. The van der Waals surface area contributed by atoms with Crippen LogP contribution in [0.1, 0.15) is 12.6 Å². The highest BCUT2D eigenvalue weighted by molar-refractivity contribution is 7.13. The first kappa shape index (κ1) is 9.48. The van der Waals surface area contributed by atoms with Crippen molar-refractivity contribution in [1.29, 1.82) is 0 Å². The highest BCUT2D eigenvalue weighted by Gasteiger charge is 2.06. The smallest absolute Gasteiger partial charge is 0.185 e. The molecule has 0 aliphatic rings. The summed E-state index contributed by atoms with van der Waals surface area (Å²) in [4.78, 5) is 6.26. The van der Waals surface area contributed by atoms with Crippen LogP contribution in [0.2, 0.25) is 0 Å². The van der Waals surface area contributed by atoms with E-state index in [0.717, 1.165) is 10.8 Å². The number of likely N-dealkylation sites (N-methyl/N-ethyl adjacent to an activating group) is 1. The van der Waals surface area contributed by atoms with Crippen molar-refractivity contribution in [3.05, 3.63) is 11.1 Å². The van der Waals surface area contributed by atoms with Gasteiger partial charge in [-0.1, -0.05) is 0 Å². The largest absolute Gasteiger partial charge is 0.392 e. The molecule has 3 nitrogen and oxygen atoms in total. The molecule has 0 amide bonds. The third kappa shape index (κ3) is 2.46. The summed E-state index contributed by atoms with van der Waals surface area (Å²) in [5.41, 5.74) is 1.03. The summed E-state index contributed by atoms with van der Waals surface area (Å²) in [6.07, 6.45) is -0.306. The molecule has 0 saturated carbocycles. The summed E-state index contributed by atoms with van der Waals surface area (Å²) in [6, 6.07) is 0. The number of hydrogen-bond donors (Lipinski definition) is 1. The van der Waals surface area contributed by atoms with Crippen molar-refractivity contribution in [2.45, 2.75) is 20.0 Å². The lowest BCUT2D eigenvalue weighted by atomic mass is 10.4. The minimum Gasteiger partial charge on any atom is -0.392 e.